The first-order chi connectivity index (χ1) is 10.4. The van der Waals surface area contributed by atoms with E-state index in [1.54, 1.807) is 4.90 Å². The van der Waals surface area contributed by atoms with Crippen LogP contribution < -0.4 is 4.90 Å². The Bertz CT molecular complexity index is 726. The van der Waals surface area contributed by atoms with Crippen LogP contribution in [-0.2, 0) is 0 Å². The lowest BCUT2D eigenvalue weighted by atomic mass is 10.2. The molecule has 2 rings (SSSR count). The zero-order chi connectivity index (χ0) is 16.2. The zero-order valence-electron chi connectivity index (χ0n) is 12.9. The molecule has 0 unspecified atom stereocenters. The van der Waals surface area contributed by atoms with Gasteiger partial charge in [0.25, 0.3) is 5.91 Å². The van der Waals surface area contributed by atoms with Crippen molar-refractivity contribution >= 4 is 42.3 Å². The van der Waals surface area contributed by atoms with Crippen LogP contribution in [0.25, 0.3) is 0 Å². The third-order valence-electron chi connectivity index (χ3n) is 2.86. The number of amides is 1. The van der Waals surface area contributed by atoms with Crippen LogP contribution >= 0.6 is 22.6 Å². The van der Waals surface area contributed by atoms with Crippen molar-refractivity contribution in [3.8, 4) is 11.6 Å². The maximum Gasteiger partial charge on any atom is 0.271 e. The SMILES string of the molecule is C[Si](C)(C)C#CN(C(=O)c1ccccc1I)c1ccccc1. The molecule has 0 aliphatic rings. The fourth-order valence-electron chi connectivity index (χ4n) is 1.79. The lowest BCUT2D eigenvalue weighted by Crippen LogP contribution is -2.28. The summed E-state index contributed by atoms with van der Waals surface area (Å²) in [5.41, 5.74) is 4.76. The van der Waals surface area contributed by atoms with Gasteiger partial charge in [-0.3, -0.25) is 4.79 Å². The molecule has 1 amide bonds. The van der Waals surface area contributed by atoms with E-state index in [0.29, 0.717) is 5.56 Å². The maximum absolute atomic E-state index is 12.9. The standard InChI is InChI=1S/C18H18INOSi/c1-22(2,3)14-13-20(15-9-5-4-6-10-15)18(21)16-11-7-8-12-17(16)19/h4-12H,1-3H3. The number of halogens is 1. The van der Waals surface area contributed by atoms with Gasteiger partial charge in [0.2, 0.25) is 0 Å². The Morgan fingerprint density at radius 3 is 2.18 bits per heavy atom. The summed E-state index contributed by atoms with van der Waals surface area (Å²) in [5, 5.41) is 0. The number of carbonyl (C=O) groups excluding carboxylic acids is 1. The van der Waals surface area contributed by atoms with E-state index in [9.17, 15) is 4.79 Å². The molecular weight excluding hydrogens is 401 g/mol. The van der Waals surface area contributed by atoms with Gasteiger partial charge >= 0.3 is 0 Å². The van der Waals surface area contributed by atoms with Gasteiger partial charge in [0.1, 0.15) is 8.07 Å². The highest BCUT2D eigenvalue weighted by molar-refractivity contribution is 14.1. The number of anilines is 1. The van der Waals surface area contributed by atoms with Gasteiger partial charge in [-0.25, -0.2) is 4.90 Å². The second-order valence-electron chi connectivity index (χ2n) is 5.94. The summed E-state index contributed by atoms with van der Waals surface area (Å²) in [4.78, 5) is 14.5. The van der Waals surface area contributed by atoms with Gasteiger partial charge in [0, 0.05) is 9.61 Å². The third-order valence-corrected chi connectivity index (χ3v) is 4.67. The summed E-state index contributed by atoms with van der Waals surface area (Å²) < 4.78 is 0.931. The Morgan fingerprint density at radius 2 is 1.59 bits per heavy atom. The van der Waals surface area contributed by atoms with Crippen molar-refractivity contribution in [2.24, 2.45) is 0 Å². The Morgan fingerprint density at radius 1 is 1.00 bits per heavy atom. The highest BCUT2D eigenvalue weighted by Crippen LogP contribution is 2.19. The molecule has 112 valence electrons. The van der Waals surface area contributed by atoms with Gasteiger partial charge in [-0.2, -0.15) is 0 Å². The summed E-state index contributed by atoms with van der Waals surface area (Å²) in [6.07, 6.45) is 0. The van der Waals surface area contributed by atoms with Gasteiger partial charge in [0.05, 0.1) is 11.3 Å². The number of hydrogen-bond acceptors (Lipinski definition) is 1. The lowest BCUT2D eigenvalue weighted by molar-refractivity contribution is 0.0999. The summed E-state index contributed by atoms with van der Waals surface area (Å²) in [6.45, 7) is 6.50. The molecule has 0 aromatic heterocycles. The minimum Gasteiger partial charge on any atom is -0.268 e. The van der Waals surface area contributed by atoms with Crippen LogP contribution in [-0.4, -0.2) is 14.0 Å². The van der Waals surface area contributed by atoms with E-state index >= 15 is 0 Å². The molecule has 2 aromatic rings. The Balaban J connectivity index is 2.47. The number of hydrogen-bond donors (Lipinski definition) is 0. The highest BCUT2D eigenvalue weighted by Gasteiger charge is 2.19. The Hall–Kier alpha value is -1.58. The van der Waals surface area contributed by atoms with Crippen LogP contribution in [0.4, 0.5) is 5.69 Å². The third kappa shape index (κ3) is 4.45. The van der Waals surface area contributed by atoms with Gasteiger partial charge < -0.3 is 0 Å². The maximum atomic E-state index is 12.9. The Labute approximate surface area is 146 Å². The molecule has 0 bridgehead atoms. The van der Waals surface area contributed by atoms with Crippen molar-refractivity contribution in [2.75, 3.05) is 4.90 Å². The summed E-state index contributed by atoms with van der Waals surface area (Å²) in [7, 11) is -1.57. The van der Waals surface area contributed by atoms with Gasteiger partial charge in [-0.15, -0.1) is 5.54 Å². The second-order valence-corrected chi connectivity index (χ2v) is 11.9. The van der Waals surface area contributed by atoms with Crippen molar-refractivity contribution in [2.45, 2.75) is 19.6 Å². The molecule has 0 N–H and O–H groups in total. The Kier molecular flexibility index (Phi) is 5.43. The average molecular weight is 419 g/mol. The van der Waals surface area contributed by atoms with Crippen molar-refractivity contribution in [3.05, 3.63) is 63.7 Å². The highest BCUT2D eigenvalue weighted by atomic mass is 127. The molecule has 4 heteroatoms. The number of para-hydroxylation sites is 1. The molecule has 0 spiro atoms. The molecule has 0 fully saturated rings. The van der Waals surface area contributed by atoms with Crippen LogP contribution in [0.3, 0.4) is 0 Å². The van der Waals surface area contributed by atoms with Crippen molar-refractivity contribution in [1.82, 2.24) is 0 Å². The molecule has 0 radical (unpaired) electrons. The number of carbonyl (C=O) groups is 1. The molecule has 0 aliphatic carbocycles. The smallest absolute Gasteiger partial charge is 0.268 e. The van der Waals surface area contributed by atoms with Crippen LogP contribution in [0.15, 0.2) is 54.6 Å². The average Bonchev–Trinajstić information content (AvgIpc) is 2.47. The van der Waals surface area contributed by atoms with E-state index < -0.39 is 8.07 Å². The largest absolute Gasteiger partial charge is 0.271 e. The van der Waals surface area contributed by atoms with E-state index in [0.717, 1.165) is 9.26 Å². The molecule has 2 nitrogen and oxygen atoms in total. The first kappa shape index (κ1) is 16.8. The summed E-state index contributed by atoms with van der Waals surface area (Å²) >= 11 is 2.19. The van der Waals surface area contributed by atoms with Crippen LogP contribution in [0.5, 0.6) is 0 Å². The van der Waals surface area contributed by atoms with E-state index in [-0.39, 0.29) is 5.91 Å². The normalized spacial score (nSPS) is 10.5. The topological polar surface area (TPSA) is 20.3 Å². The predicted octanol–water partition coefficient (Wildman–Crippen LogP) is 4.78. The van der Waals surface area contributed by atoms with Crippen LogP contribution in [0.1, 0.15) is 10.4 Å². The zero-order valence-corrected chi connectivity index (χ0v) is 16.1. The van der Waals surface area contributed by atoms with E-state index in [1.165, 1.54) is 0 Å². The van der Waals surface area contributed by atoms with Gasteiger partial charge in [-0.1, -0.05) is 50.0 Å². The molecule has 0 heterocycles. The fourth-order valence-corrected chi connectivity index (χ4v) is 2.85. The summed E-state index contributed by atoms with van der Waals surface area (Å²) in [5.74, 6) is -0.0815. The first-order valence-electron chi connectivity index (χ1n) is 7.05. The van der Waals surface area contributed by atoms with Crippen molar-refractivity contribution in [3.63, 3.8) is 0 Å². The minimum absolute atomic E-state index is 0.0815. The van der Waals surface area contributed by atoms with E-state index in [4.69, 9.17) is 0 Å². The molecule has 22 heavy (non-hydrogen) atoms. The molecule has 2 aromatic carbocycles. The van der Waals surface area contributed by atoms with Crippen molar-refractivity contribution in [1.29, 1.82) is 0 Å². The quantitative estimate of drug-likeness (QED) is 0.297. The molecule has 0 atom stereocenters. The van der Waals surface area contributed by atoms with E-state index in [1.807, 2.05) is 54.6 Å². The summed E-state index contributed by atoms with van der Waals surface area (Å²) in [6, 6.07) is 20.3. The molecular formula is C18H18INOSi. The molecule has 0 saturated carbocycles. The predicted molar refractivity (Wildman–Crippen MR) is 104 cm³/mol. The van der Waals surface area contributed by atoms with Gasteiger partial charge in [0.15, 0.2) is 0 Å². The second kappa shape index (κ2) is 7.12. The number of rotatable bonds is 2. The fraction of sp³-hybridized carbons (Fsp3) is 0.167. The van der Waals surface area contributed by atoms with Crippen molar-refractivity contribution < 1.29 is 4.79 Å². The number of nitrogens with zero attached hydrogens (tertiary/aromatic N) is 1. The van der Waals surface area contributed by atoms with E-state index in [2.05, 4.69) is 53.8 Å². The lowest BCUT2D eigenvalue weighted by Gasteiger charge is -2.17. The first-order valence-corrected chi connectivity index (χ1v) is 11.6. The number of benzene rings is 2. The molecule has 0 aliphatic heterocycles. The monoisotopic (exact) mass is 419 g/mol. The minimum atomic E-state index is -1.57. The van der Waals surface area contributed by atoms with Crippen LogP contribution in [0.2, 0.25) is 19.6 Å². The van der Waals surface area contributed by atoms with Crippen LogP contribution in [0, 0.1) is 15.2 Å². The molecule has 0 saturated heterocycles. The van der Waals surface area contributed by atoms with Gasteiger partial charge in [-0.05, 0) is 46.9 Å².